The smallest absolute Gasteiger partial charge is 0.0220 e. The fourth-order valence-corrected chi connectivity index (χ4v) is 1.20. The molecule has 62 valence electrons. The molecule has 0 fully saturated rings. The van der Waals surface area contributed by atoms with Crippen molar-refractivity contribution in [2.75, 3.05) is 6.54 Å². The minimum atomic E-state index is 0.355. The van der Waals surface area contributed by atoms with E-state index in [2.05, 4.69) is 32.4 Å². The number of hydrogen-bond donors (Lipinski definition) is 1. The standard InChI is InChI=1S/C8H19NS/c1-5-6-7-9-10-8(2,3)4/h9H,5-7H2,1-4H3. The van der Waals surface area contributed by atoms with Crippen molar-refractivity contribution in [3.63, 3.8) is 0 Å². The highest BCUT2D eigenvalue weighted by atomic mass is 32.2. The Morgan fingerprint density at radius 2 is 1.90 bits per heavy atom. The molecule has 0 rings (SSSR count). The Labute approximate surface area is 69.1 Å². The third-order valence-corrected chi connectivity index (χ3v) is 1.97. The van der Waals surface area contributed by atoms with E-state index >= 15 is 0 Å². The summed E-state index contributed by atoms with van der Waals surface area (Å²) in [6.07, 6.45) is 2.56. The predicted molar refractivity (Wildman–Crippen MR) is 50.3 cm³/mol. The summed E-state index contributed by atoms with van der Waals surface area (Å²) in [4.78, 5) is 0. The van der Waals surface area contributed by atoms with E-state index in [1.165, 1.54) is 12.8 Å². The number of unbranched alkanes of at least 4 members (excludes halogenated alkanes) is 1. The summed E-state index contributed by atoms with van der Waals surface area (Å²) in [5.41, 5.74) is 0. The molecule has 0 saturated heterocycles. The second-order valence-electron chi connectivity index (χ2n) is 3.46. The van der Waals surface area contributed by atoms with Gasteiger partial charge in [0.05, 0.1) is 0 Å². The van der Waals surface area contributed by atoms with E-state index in [0.717, 1.165) is 6.54 Å². The average molecular weight is 161 g/mol. The zero-order chi connectivity index (χ0) is 8.04. The van der Waals surface area contributed by atoms with Crippen LogP contribution in [0.4, 0.5) is 0 Å². The van der Waals surface area contributed by atoms with Gasteiger partial charge < -0.3 is 0 Å². The van der Waals surface area contributed by atoms with Crippen molar-refractivity contribution in [3.05, 3.63) is 0 Å². The van der Waals surface area contributed by atoms with Crippen LogP contribution in [0.15, 0.2) is 0 Å². The van der Waals surface area contributed by atoms with Gasteiger partial charge in [0.25, 0.3) is 0 Å². The molecule has 0 aliphatic carbocycles. The highest BCUT2D eigenvalue weighted by Crippen LogP contribution is 2.18. The first kappa shape index (κ1) is 10.3. The van der Waals surface area contributed by atoms with Crippen molar-refractivity contribution < 1.29 is 0 Å². The maximum atomic E-state index is 3.34. The normalized spacial score (nSPS) is 12.0. The van der Waals surface area contributed by atoms with Gasteiger partial charge in [0, 0.05) is 11.3 Å². The van der Waals surface area contributed by atoms with Gasteiger partial charge in [-0.1, -0.05) is 25.3 Å². The van der Waals surface area contributed by atoms with Gasteiger partial charge >= 0.3 is 0 Å². The maximum Gasteiger partial charge on any atom is 0.0220 e. The topological polar surface area (TPSA) is 12.0 Å². The van der Waals surface area contributed by atoms with E-state index in [4.69, 9.17) is 0 Å². The molecule has 0 bridgehead atoms. The number of rotatable bonds is 4. The van der Waals surface area contributed by atoms with Gasteiger partial charge in [-0.25, -0.2) is 0 Å². The van der Waals surface area contributed by atoms with Crippen LogP contribution in [0.2, 0.25) is 0 Å². The highest BCUT2D eigenvalue weighted by Gasteiger charge is 2.08. The van der Waals surface area contributed by atoms with E-state index < -0.39 is 0 Å². The van der Waals surface area contributed by atoms with Crippen LogP contribution in [0.3, 0.4) is 0 Å². The fourth-order valence-electron chi connectivity index (χ4n) is 0.516. The van der Waals surface area contributed by atoms with E-state index in [1.54, 1.807) is 0 Å². The lowest BCUT2D eigenvalue weighted by molar-refractivity contribution is 0.750. The van der Waals surface area contributed by atoms with Crippen LogP contribution >= 0.6 is 11.9 Å². The Morgan fingerprint density at radius 3 is 2.30 bits per heavy atom. The molecular formula is C8H19NS. The van der Waals surface area contributed by atoms with Crippen LogP contribution in [-0.4, -0.2) is 11.3 Å². The molecular weight excluding hydrogens is 142 g/mol. The molecule has 1 N–H and O–H groups in total. The fraction of sp³-hybridized carbons (Fsp3) is 1.00. The summed E-state index contributed by atoms with van der Waals surface area (Å²) < 4.78 is 3.70. The van der Waals surface area contributed by atoms with Gasteiger partial charge in [0.2, 0.25) is 0 Å². The molecule has 0 amide bonds. The lowest BCUT2D eigenvalue weighted by Crippen LogP contribution is -2.17. The second-order valence-corrected chi connectivity index (χ2v) is 5.18. The van der Waals surface area contributed by atoms with Gasteiger partial charge in [-0.3, -0.25) is 4.72 Å². The van der Waals surface area contributed by atoms with Crippen LogP contribution in [0.5, 0.6) is 0 Å². The van der Waals surface area contributed by atoms with Crippen molar-refractivity contribution in [2.24, 2.45) is 0 Å². The molecule has 0 aliphatic heterocycles. The predicted octanol–water partition coefficient (Wildman–Crippen LogP) is 2.82. The molecule has 10 heavy (non-hydrogen) atoms. The van der Waals surface area contributed by atoms with Crippen LogP contribution in [0, 0.1) is 0 Å². The number of hydrogen-bond acceptors (Lipinski definition) is 2. The molecule has 0 saturated carbocycles. The van der Waals surface area contributed by atoms with Crippen molar-refractivity contribution in [1.82, 2.24) is 4.72 Å². The van der Waals surface area contributed by atoms with Crippen LogP contribution in [0.1, 0.15) is 40.5 Å². The van der Waals surface area contributed by atoms with Crippen LogP contribution < -0.4 is 4.72 Å². The Bertz CT molecular complexity index is 75.8. The molecule has 0 unspecified atom stereocenters. The van der Waals surface area contributed by atoms with Gasteiger partial charge in [-0.15, -0.1) is 0 Å². The molecule has 0 heterocycles. The monoisotopic (exact) mass is 161 g/mol. The van der Waals surface area contributed by atoms with E-state index in [1.807, 2.05) is 11.9 Å². The van der Waals surface area contributed by atoms with Crippen molar-refractivity contribution in [1.29, 1.82) is 0 Å². The zero-order valence-electron chi connectivity index (χ0n) is 7.53. The Balaban J connectivity index is 3.04. The third kappa shape index (κ3) is 8.31. The molecule has 0 aliphatic rings. The summed E-state index contributed by atoms with van der Waals surface area (Å²) in [5, 5.41) is 0. The molecule has 1 nitrogen and oxygen atoms in total. The SMILES string of the molecule is CCCCNSC(C)(C)C. The first-order chi connectivity index (χ1) is 4.56. The molecule has 2 heteroatoms. The van der Waals surface area contributed by atoms with Gasteiger partial charge in [0.15, 0.2) is 0 Å². The van der Waals surface area contributed by atoms with Crippen molar-refractivity contribution >= 4 is 11.9 Å². The second kappa shape index (κ2) is 5.03. The third-order valence-electron chi connectivity index (χ3n) is 1.01. The average Bonchev–Trinajstić information content (AvgIpc) is 1.78. The highest BCUT2D eigenvalue weighted by molar-refractivity contribution is 7.98. The number of nitrogens with one attached hydrogen (secondary N) is 1. The molecule has 0 spiro atoms. The molecule has 0 aromatic rings. The summed E-state index contributed by atoms with van der Waals surface area (Å²) in [7, 11) is 0. The molecule has 0 atom stereocenters. The van der Waals surface area contributed by atoms with Gasteiger partial charge in [-0.05, 0) is 27.2 Å². The summed E-state index contributed by atoms with van der Waals surface area (Å²) in [6, 6.07) is 0. The first-order valence-corrected chi connectivity index (χ1v) is 4.79. The minimum absolute atomic E-state index is 0.355. The summed E-state index contributed by atoms with van der Waals surface area (Å²) in [6.45, 7) is 10.0. The van der Waals surface area contributed by atoms with E-state index in [-0.39, 0.29) is 0 Å². The van der Waals surface area contributed by atoms with Crippen molar-refractivity contribution in [3.8, 4) is 0 Å². The van der Waals surface area contributed by atoms with Crippen molar-refractivity contribution in [2.45, 2.75) is 45.3 Å². The molecule has 0 aromatic carbocycles. The van der Waals surface area contributed by atoms with Gasteiger partial charge in [0.1, 0.15) is 0 Å². The quantitative estimate of drug-likeness (QED) is 0.502. The summed E-state index contributed by atoms with van der Waals surface area (Å²) in [5.74, 6) is 0. The Morgan fingerprint density at radius 1 is 1.30 bits per heavy atom. The van der Waals surface area contributed by atoms with Crippen LogP contribution in [-0.2, 0) is 0 Å². The van der Waals surface area contributed by atoms with Gasteiger partial charge in [-0.2, -0.15) is 0 Å². The Kier molecular flexibility index (Phi) is 5.18. The van der Waals surface area contributed by atoms with E-state index in [9.17, 15) is 0 Å². The largest absolute Gasteiger partial charge is 0.264 e. The lowest BCUT2D eigenvalue weighted by Gasteiger charge is -2.17. The summed E-state index contributed by atoms with van der Waals surface area (Å²) >= 11 is 1.82. The lowest BCUT2D eigenvalue weighted by atomic mass is 10.3. The Hall–Kier alpha value is 0.310. The first-order valence-electron chi connectivity index (χ1n) is 3.97. The molecule has 0 aromatic heterocycles. The zero-order valence-corrected chi connectivity index (χ0v) is 8.35. The minimum Gasteiger partial charge on any atom is -0.264 e. The maximum absolute atomic E-state index is 3.34. The van der Waals surface area contributed by atoms with Crippen LogP contribution in [0.25, 0.3) is 0 Å². The van der Waals surface area contributed by atoms with E-state index in [0.29, 0.717) is 4.75 Å². The molecule has 0 radical (unpaired) electrons.